The summed E-state index contributed by atoms with van der Waals surface area (Å²) in [6.45, 7) is 6.09. The molecule has 2 aliphatic rings. The van der Waals surface area contributed by atoms with Crippen LogP contribution in [-0.4, -0.2) is 85.7 Å². The molecule has 0 bridgehead atoms. The van der Waals surface area contributed by atoms with Crippen LogP contribution in [0.3, 0.4) is 0 Å². The van der Waals surface area contributed by atoms with Crippen molar-refractivity contribution in [2.24, 2.45) is 0 Å². The van der Waals surface area contributed by atoms with Crippen molar-refractivity contribution in [1.82, 2.24) is 10.2 Å². The van der Waals surface area contributed by atoms with Gasteiger partial charge in [0.2, 0.25) is 0 Å². The molecule has 1 amide bonds. The molecule has 0 saturated carbocycles. The molecule has 39 heavy (non-hydrogen) atoms. The van der Waals surface area contributed by atoms with Gasteiger partial charge in [-0.25, -0.2) is 0 Å². The van der Waals surface area contributed by atoms with Gasteiger partial charge >= 0.3 is 0 Å². The van der Waals surface area contributed by atoms with Gasteiger partial charge in [0.15, 0.2) is 0 Å². The summed E-state index contributed by atoms with van der Waals surface area (Å²) in [6.07, 6.45) is -2.39. The number of rotatable bonds is 6. The molecule has 9 nitrogen and oxygen atoms in total. The Labute approximate surface area is 227 Å². The summed E-state index contributed by atoms with van der Waals surface area (Å²) in [5.41, 5.74) is 2.45. The van der Waals surface area contributed by atoms with E-state index in [-0.39, 0.29) is 12.1 Å². The van der Waals surface area contributed by atoms with Crippen LogP contribution < -0.4 is 10.2 Å². The highest BCUT2D eigenvalue weighted by Crippen LogP contribution is 2.31. The molecule has 2 aromatic carbocycles. The van der Waals surface area contributed by atoms with Crippen molar-refractivity contribution in [3.63, 3.8) is 0 Å². The lowest BCUT2D eigenvalue weighted by Gasteiger charge is -2.34. The molecule has 3 aromatic rings. The number of nitrogens with one attached hydrogen (secondary N) is 1. The zero-order valence-corrected chi connectivity index (χ0v) is 22.3. The van der Waals surface area contributed by atoms with Crippen molar-refractivity contribution < 1.29 is 24.2 Å². The second-order valence-electron chi connectivity index (χ2n) is 10.3. The summed E-state index contributed by atoms with van der Waals surface area (Å²) in [4.78, 5) is 17.5. The van der Waals surface area contributed by atoms with Gasteiger partial charge in [0, 0.05) is 56.2 Å². The van der Waals surface area contributed by atoms with Gasteiger partial charge in [-0.15, -0.1) is 0 Å². The van der Waals surface area contributed by atoms with E-state index in [1.807, 2.05) is 18.2 Å². The van der Waals surface area contributed by atoms with Crippen LogP contribution in [-0.2, 0) is 9.53 Å². The molecule has 3 heterocycles. The summed E-state index contributed by atoms with van der Waals surface area (Å²) >= 11 is 0. The third-order valence-electron chi connectivity index (χ3n) is 7.65. The largest absolute Gasteiger partial charge is 0.456 e. The first-order valence-corrected chi connectivity index (χ1v) is 13.3. The van der Waals surface area contributed by atoms with Gasteiger partial charge in [-0.1, -0.05) is 18.2 Å². The maximum atomic E-state index is 12.8. The van der Waals surface area contributed by atoms with E-state index < -0.39 is 24.2 Å². The molecule has 2 aliphatic heterocycles. The number of nitrogens with zero attached hydrogens (tertiary/aromatic N) is 3. The third kappa shape index (κ3) is 5.84. The Morgan fingerprint density at radius 3 is 2.59 bits per heavy atom. The Kier molecular flexibility index (Phi) is 8.00. The highest BCUT2D eigenvalue weighted by Gasteiger charge is 2.32. The first-order chi connectivity index (χ1) is 18.8. The molecule has 0 unspecified atom stereocenters. The minimum absolute atomic E-state index is 0.0213. The van der Waals surface area contributed by atoms with E-state index >= 15 is 0 Å². The smallest absolute Gasteiger partial charge is 0.262 e. The molecule has 1 aromatic heterocycles. The SMILES string of the molecule is C/C(=C(/C#N)C(=O)NC[C@H]1OCC[C@@H](O)[C@@H]1O)c1ccc(-c2ccc3cc(N4CCN(C)CC4)ccc3c2)o1. The van der Waals surface area contributed by atoms with Crippen LogP contribution in [0.4, 0.5) is 5.69 Å². The number of aliphatic hydroxyl groups is 2. The molecular formula is C30H34N4O5. The Morgan fingerprint density at radius 1 is 1.08 bits per heavy atom. The molecule has 0 aliphatic carbocycles. The predicted octanol–water partition coefficient (Wildman–Crippen LogP) is 2.78. The number of piperazine rings is 1. The number of benzene rings is 2. The van der Waals surface area contributed by atoms with Crippen molar-refractivity contribution in [2.75, 3.05) is 51.3 Å². The average molecular weight is 531 g/mol. The minimum atomic E-state index is -1.09. The van der Waals surface area contributed by atoms with Gasteiger partial charge in [0.05, 0.1) is 6.10 Å². The maximum Gasteiger partial charge on any atom is 0.262 e. The van der Waals surface area contributed by atoms with Crippen LogP contribution in [0.25, 0.3) is 27.7 Å². The summed E-state index contributed by atoms with van der Waals surface area (Å²) in [5.74, 6) is 0.470. The highest BCUT2D eigenvalue weighted by atomic mass is 16.5. The fraction of sp³-hybridized carbons (Fsp3) is 0.400. The van der Waals surface area contributed by atoms with Crippen LogP contribution in [0.2, 0.25) is 0 Å². The van der Waals surface area contributed by atoms with Crippen LogP contribution in [0, 0.1) is 11.3 Å². The molecule has 2 saturated heterocycles. The molecule has 3 N–H and O–H groups in total. The van der Waals surface area contributed by atoms with Crippen LogP contribution in [0.1, 0.15) is 19.1 Å². The van der Waals surface area contributed by atoms with Gasteiger partial charge in [-0.05, 0) is 61.5 Å². The van der Waals surface area contributed by atoms with Crippen molar-refractivity contribution in [3.05, 3.63) is 59.9 Å². The van der Waals surface area contributed by atoms with Crippen molar-refractivity contribution in [1.29, 1.82) is 5.26 Å². The number of hydrogen-bond donors (Lipinski definition) is 3. The number of aliphatic hydroxyl groups excluding tert-OH is 2. The zero-order valence-electron chi connectivity index (χ0n) is 22.3. The van der Waals surface area contributed by atoms with Gasteiger partial charge in [-0.3, -0.25) is 4.79 Å². The second-order valence-corrected chi connectivity index (χ2v) is 10.3. The van der Waals surface area contributed by atoms with Crippen molar-refractivity contribution in [3.8, 4) is 17.4 Å². The number of ether oxygens (including phenoxy) is 1. The number of amides is 1. The summed E-state index contributed by atoms with van der Waals surface area (Å²) in [7, 11) is 2.15. The molecule has 9 heteroatoms. The van der Waals surface area contributed by atoms with Gasteiger partial charge in [0.1, 0.15) is 35.4 Å². The highest BCUT2D eigenvalue weighted by molar-refractivity contribution is 6.04. The zero-order chi connectivity index (χ0) is 27.5. The number of likely N-dealkylation sites (N-methyl/N-ethyl adjacent to an activating group) is 1. The number of allylic oxidation sites excluding steroid dienone is 1. The topological polar surface area (TPSA) is 122 Å². The van der Waals surface area contributed by atoms with E-state index in [2.05, 4.69) is 52.5 Å². The normalized spacial score (nSPS) is 22.8. The van der Waals surface area contributed by atoms with Gasteiger partial charge in [0.25, 0.3) is 5.91 Å². The Morgan fingerprint density at radius 2 is 1.82 bits per heavy atom. The van der Waals surface area contributed by atoms with E-state index in [0.717, 1.165) is 42.5 Å². The molecular weight excluding hydrogens is 496 g/mol. The molecule has 204 valence electrons. The molecule has 2 fully saturated rings. The number of fused-ring (bicyclic) bond motifs is 1. The molecule has 3 atom stereocenters. The van der Waals surface area contributed by atoms with Gasteiger partial charge < -0.3 is 34.5 Å². The van der Waals surface area contributed by atoms with Crippen molar-refractivity contribution >= 4 is 27.9 Å². The Hall–Kier alpha value is -3.68. The average Bonchev–Trinajstić information content (AvgIpc) is 3.44. The third-order valence-corrected chi connectivity index (χ3v) is 7.65. The van der Waals surface area contributed by atoms with E-state index in [0.29, 0.717) is 30.1 Å². The number of nitriles is 1. The standard InChI is InChI=1S/C30H34N4O5/c1-19(24(17-31)30(37)32-18-28-29(36)25(35)9-14-38-28)26-7-8-27(39-26)22-4-3-21-16-23(6-5-20(21)15-22)34-12-10-33(2)11-13-34/h3-8,15-16,25,28-29,35-36H,9-14,18H2,1-2H3,(H,32,37)/b24-19+/t25-,28-,29+/m1/s1. The maximum absolute atomic E-state index is 12.8. The first kappa shape index (κ1) is 26.9. The predicted molar refractivity (Wildman–Crippen MR) is 149 cm³/mol. The monoisotopic (exact) mass is 530 g/mol. The number of carbonyl (C=O) groups is 1. The van der Waals surface area contributed by atoms with Crippen LogP contribution in [0.15, 0.2) is 58.5 Å². The summed E-state index contributed by atoms with van der Waals surface area (Å²) in [6, 6.07) is 18.2. The van der Waals surface area contributed by atoms with Gasteiger partial charge in [-0.2, -0.15) is 5.26 Å². The fourth-order valence-electron chi connectivity index (χ4n) is 5.09. The second kappa shape index (κ2) is 11.6. The summed E-state index contributed by atoms with van der Waals surface area (Å²) in [5, 5.41) is 34.5. The number of hydrogen-bond acceptors (Lipinski definition) is 8. The lowest BCUT2D eigenvalue weighted by molar-refractivity contribution is -0.136. The van der Waals surface area contributed by atoms with E-state index in [4.69, 9.17) is 9.15 Å². The first-order valence-electron chi connectivity index (χ1n) is 13.3. The molecule has 0 spiro atoms. The number of furan rings is 1. The Balaban J connectivity index is 1.30. The fourth-order valence-corrected chi connectivity index (χ4v) is 5.09. The van der Waals surface area contributed by atoms with E-state index in [9.17, 15) is 20.3 Å². The minimum Gasteiger partial charge on any atom is -0.456 e. The number of carbonyl (C=O) groups excluding carboxylic acids is 1. The molecule has 0 radical (unpaired) electrons. The van der Waals surface area contributed by atoms with Crippen molar-refractivity contribution in [2.45, 2.75) is 31.7 Å². The van der Waals surface area contributed by atoms with Crippen LogP contribution in [0.5, 0.6) is 0 Å². The lowest BCUT2D eigenvalue weighted by Crippen LogP contribution is -2.50. The van der Waals surface area contributed by atoms with E-state index in [1.165, 1.54) is 5.69 Å². The Bertz CT molecular complexity index is 1420. The van der Waals surface area contributed by atoms with E-state index in [1.54, 1.807) is 13.0 Å². The lowest BCUT2D eigenvalue weighted by atomic mass is 10.0. The molecule has 5 rings (SSSR count). The number of anilines is 1. The van der Waals surface area contributed by atoms with Crippen LogP contribution >= 0.6 is 0 Å². The quantitative estimate of drug-likeness (QED) is 0.329. The summed E-state index contributed by atoms with van der Waals surface area (Å²) < 4.78 is 11.5.